The van der Waals surface area contributed by atoms with Crippen LogP contribution >= 0.6 is 0 Å². The first kappa shape index (κ1) is 8.58. The fourth-order valence-corrected chi connectivity index (χ4v) is 1.64. The third-order valence-electron chi connectivity index (χ3n) is 2.43. The second-order valence-electron chi connectivity index (χ2n) is 4.39. The molecule has 1 rings (SSSR count). The quantitative estimate of drug-likeness (QED) is 0.534. The van der Waals surface area contributed by atoms with Gasteiger partial charge in [0.1, 0.15) is 0 Å². The molecular formula is C11H18. The third-order valence-corrected chi connectivity index (χ3v) is 2.43. The van der Waals surface area contributed by atoms with Crippen molar-refractivity contribution in [2.24, 2.45) is 5.41 Å². The van der Waals surface area contributed by atoms with Gasteiger partial charge in [0.05, 0.1) is 0 Å². The molecule has 0 aromatic carbocycles. The maximum absolute atomic E-state index is 3.98. The van der Waals surface area contributed by atoms with Crippen LogP contribution in [0.1, 0.15) is 40.0 Å². The zero-order chi connectivity index (χ0) is 8.48. The molecule has 0 aromatic heterocycles. The first-order chi connectivity index (χ1) is 5.01. The summed E-state index contributed by atoms with van der Waals surface area (Å²) in [5.74, 6) is 0. The fourth-order valence-electron chi connectivity index (χ4n) is 1.64. The zero-order valence-electron chi connectivity index (χ0n) is 7.91. The van der Waals surface area contributed by atoms with E-state index >= 15 is 0 Å². The van der Waals surface area contributed by atoms with Crippen molar-refractivity contribution in [3.63, 3.8) is 0 Å². The molecule has 0 N–H and O–H groups in total. The van der Waals surface area contributed by atoms with E-state index in [9.17, 15) is 0 Å². The summed E-state index contributed by atoms with van der Waals surface area (Å²) in [4.78, 5) is 0. The summed E-state index contributed by atoms with van der Waals surface area (Å²) in [6.07, 6.45) is 6.11. The molecule has 0 atom stereocenters. The Morgan fingerprint density at radius 2 is 2.18 bits per heavy atom. The maximum Gasteiger partial charge on any atom is -0.0228 e. The molecule has 0 heterocycles. The molecule has 0 fully saturated rings. The summed E-state index contributed by atoms with van der Waals surface area (Å²) in [6, 6.07) is 0. The Kier molecular flexibility index (Phi) is 2.22. The van der Waals surface area contributed by atoms with E-state index in [1.54, 1.807) is 0 Å². The first-order valence-electron chi connectivity index (χ1n) is 4.36. The highest BCUT2D eigenvalue weighted by atomic mass is 14.3. The van der Waals surface area contributed by atoms with Crippen LogP contribution in [-0.2, 0) is 0 Å². The van der Waals surface area contributed by atoms with Gasteiger partial charge >= 0.3 is 0 Å². The molecule has 0 saturated carbocycles. The van der Waals surface area contributed by atoms with Crippen LogP contribution in [-0.4, -0.2) is 0 Å². The molecule has 0 spiro atoms. The van der Waals surface area contributed by atoms with Gasteiger partial charge in [-0.05, 0) is 37.2 Å². The molecule has 0 aromatic rings. The van der Waals surface area contributed by atoms with Gasteiger partial charge in [0, 0.05) is 0 Å². The van der Waals surface area contributed by atoms with Crippen LogP contribution in [0.25, 0.3) is 0 Å². The molecule has 0 saturated heterocycles. The highest BCUT2D eigenvalue weighted by Gasteiger charge is 2.22. The van der Waals surface area contributed by atoms with E-state index in [1.165, 1.54) is 30.4 Å². The normalized spacial score (nSPS) is 22.6. The molecule has 0 aliphatic heterocycles. The van der Waals surface area contributed by atoms with Crippen LogP contribution in [0.4, 0.5) is 0 Å². The van der Waals surface area contributed by atoms with Crippen molar-refractivity contribution >= 4 is 0 Å². The van der Waals surface area contributed by atoms with Gasteiger partial charge in [-0.2, -0.15) is 0 Å². The van der Waals surface area contributed by atoms with Crippen LogP contribution < -0.4 is 0 Å². The molecule has 11 heavy (non-hydrogen) atoms. The monoisotopic (exact) mass is 150 g/mol. The molecule has 0 amide bonds. The molecular weight excluding hydrogens is 132 g/mol. The third kappa shape index (κ3) is 2.21. The zero-order valence-corrected chi connectivity index (χ0v) is 7.91. The lowest BCUT2D eigenvalue weighted by atomic mass is 9.76. The summed E-state index contributed by atoms with van der Waals surface area (Å²) < 4.78 is 0. The lowest BCUT2D eigenvalue weighted by Gasteiger charge is -2.29. The molecule has 1 aliphatic carbocycles. The second-order valence-corrected chi connectivity index (χ2v) is 4.39. The minimum absolute atomic E-state index is 0.503. The van der Waals surface area contributed by atoms with Gasteiger partial charge < -0.3 is 0 Å². The van der Waals surface area contributed by atoms with E-state index in [0.29, 0.717) is 5.41 Å². The van der Waals surface area contributed by atoms with Crippen LogP contribution in [0.15, 0.2) is 23.8 Å². The largest absolute Gasteiger partial charge is 0.0958 e. The van der Waals surface area contributed by atoms with E-state index in [1.807, 2.05) is 0 Å². The van der Waals surface area contributed by atoms with E-state index < -0.39 is 0 Å². The lowest BCUT2D eigenvalue weighted by Crippen LogP contribution is -2.15. The van der Waals surface area contributed by atoms with Crippen molar-refractivity contribution in [3.8, 4) is 0 Å². The second kappa shape index (κ2) is 2.84. The van der Waals surface area contributed by atoms with Gasteiger partial charge in [0.25, 0.3) is 0 Å². The number of hydrogen-bond donors (Lipinski definition) is 0. The predicted molar refractivity (Wildman–Crippen MR) is 50.5 cm³/mol. The Morgan fingerprint density at radius 1 is 1.55 bits per heavy atom. The number of rotatable bonds is 1. The number of hydrogen-bond acceptors (Lipinski definition) is 0. The van der Waals surface area contributed by atoms with Crippen LogP contribution in [0.2, 0.25) is 0 Å². The lowest BCUT2D eigenvalue weighted by molar-refractivity contribution is 0.322. The molecule has 0 heteroatoms. The minimum Gasteiger partial charge on any atom is -0.0958 e. The molecule has 0 radical (unpaired) electrons. The van der Waals surface area contributed by atoms with Gasteiger partial charge in [-0.15, -0.1) is 0 Å². The fraction of sp³-hybridized carbons (Fsp3) is 0.636. The average molecular weight is 150 g/mol. The van der Waals surface area contributed by atoms with Crippen molar-refractivity contribution in [1.82, 2.24) is 0 Å². The Balaban J connectivity index is 2.71. The van der Waals surface area contributed by atoms with Crippen molar-refractivity contribution in [1.29, 1.82) is 0 Å². The van der Waals surface area contributed by atoms with Crippen LogP contribution in [0.5, 0.6) is 0 Å². The van der Waals surface area contributed by atoms with E-state index in [-0.39, 0.29) is 0 Å². The maximum atomic E-state index is 3.98. The molecule has 0 bridgehead atoms. The summed E-state index contributed by atoms with van der Waals surface area (Å²) in [5, 5.41) is 0. The summed E-state index contributed by atoms with van der Waals surface area (Å²) in [7, 11) is 0. The van der Waals surface area contributed by atoms with Gasteiger partial charge in [0.2, 0.25) is 0 Å². The Hall–Kier alpha value is -0.520. The van der Waals surface area contributed by atoms with Gasteiger partial charge in [0.15, 0.2) is 0 Å². The highest BCUT2D eigenvalue weighted by Crippen LogP contribution is 2.37. The number of allylic oxidation sites excluding steroid dienone is 3. The summed E-state index contributed by atoms with van der Waals surface area (Å²) >= 11 is 0. The van der Waals surface area contributed by atoms with Crippen molar-refractivity contribution in [3.05, 3.63) is 23.8 Å². The van der Waals surface area contributed by atoms with E-state index in [0.717, 1.165) is 0 Å². The average Bonchev–Trinajstić information content (AvgIpc) is 1.85. The highest BCUT2D eigenvalue weighted by molar-refractivity contribution is 5.28. The van der Waals surface area contributed by atoms with Gasteiger partial charge in [-0.1, -0.05) is 32.1 Å². The first-order valence-corrected chi connectivity index (χ1v) is 4.36. The summed E-state index contributed by atoms with van der Waals surface area (Å²) in [6.45, 7) is 10.8. The minimum atomic E-state index is 0.503. The van der Waals surface area contributed by atoms with Crippen molar-refractivity contribution in [2.45, 2.75) is 40.0 Å². The van der Waals surface area contributed by atoms with Crippen molar-refractivity contribution < 1.29 is 0 Å². The predicted octanol–water partition coefficient (Wildman–Crippen LogP) is 3.70. The van der Waals surface area contributed by atoms with Crippen LogP contribution in [0, 0.1) is 5.41 Å². The molecule has 1 aliphatic rings. The van der Waals surface area contributed by atoms with Crippen LogP contribution in [0.3, 0.4) is 0 Å². The topological polar surface area (TPSA) is 0 Å². The SMILES string of the molecule is C=C(C)C1=CCCC(C)(C)C1. The van der Waals surface area contributed by atoms with E-state index in [2.05, 4.69) is 33.4 Å². The molecule has 0 unspecified atom stereocenters. The standard InChI is InChI=1S/C11H18/c1-9(2)10-6-5-7-11(3,4)8-10/h6H,1,5,7-8H2,2-4H3. The molecule has 62 valence electrons. The van der Waals surface area contributed by atoms with Gasteiger partial charge in [-0.3, -0.25) is 0 Å². The summed E-state index contributed by atoms with van der Waals surface area (Å²) in [5.41, 5.74) is 3.22. The van der Waals surface area contributed by atoms with Gasteiger partial charge in [-0.25, -0.2) is 0 Å². The Bertz CT molecular complexity index is 194. The van der Waals surface area contributed by atoms with Crippen molar-refractivity contribution in [2.75, 3.05) is 0 Å². The molecule has 0 nitrogen and oxygen atoms in total. The Labute approximate surface area is 70.0 Å². The smallest absolute Gasteiger partial charge is 0.0228 e. The Morgan fingerprint density at radius 3 is 2.55 bits per heavy atom. The van der Waals surface area contributed by atoms with E-state index in [4.69, 9.17) is 0 Å².